The second kappa shape index (κ2) is 2.26. The van der Waals surface area contributed by atoms with Gasteiger partial charge in [-0.15, -0.1) is 0 Å². The van der Waals surface area contributed by atoms with Crippen LogP contribution in [-0.2, 0) is 0 Å². The summed E-state index contributed by atoms with van der Waals surface area (Å²) in [5.41, 5.74) is 2.27. The molecule has 0 bridgehead atoms. The molecule has 0 spiro atoms. The molecule has 1 saturated carbocycles. The first-order valence-corrected chi connectivity index (χ1v) is 4.07. The predicted octanol–water partition coefficient (Wildman–Crippen LogP) is 2.58. The summed E-state index contributed by atoms with van der Waals surface area (Å²) in [5.74, 6) is 1.13. The van der Waals surface area contributed by atoms with Gasteiger partial charge in [0.1, 0.15) is 5.75 Å². The number of phenolic OH excluding ortho intramolecular Hbond substituents is 1. The average Bonchev–Trinajstić information content (AvgIpc) is 2.70. The summed E-state index contributed by atoms with van der Waals surface area (Å²) in [6.45, 7) is 2.00. The summed E-state index contributed by atoms with van der Waals surface area (Å²) < 4.78 is 0. The van der Waals surface area contributed by atoms with Crippen molar-refractivity contribution in [1.29, 1.82) is 0 Å². The van der Waals surface area contributed by atoms with E-state index in [1.165, 1.54) is 12.8 Å². The van der Waals surface area contributed by atoms with Gasteiger partial charge < -0.3 is 5.11 Å². The molecule has 0 heterocycles. The Morgan fingerprint density at radius 3 is 2.64 bits per heavy atom. The highest BCUT2D eigenvalue weighted by Gasteiger charge is 2.25. The SMILES string of the molecule is Cc1ccc(C2CC2)c(O)c1. The van der Waals surface area contributed by atoms with E-state index in [0.717, 1.165) is 11.1 Å². The third-order valence-corrected chi connectivity index (χ3v) is 2.20. The van der Waals surface area contributed by atoms with Crippen molar-refractivity contribution in [1.82, 2.24) is 0 Å². The Kier molecular flexibility index (Phi) is 1.38. The lowest BCUT2D eigenvalue weighted by Gasteiger charge is -2.02. The van der Waals surface area contributed by atoms with Gasteiger partial charge in [0, 0.05) is 0 Å². The van der Waals surface area contributed by atoms with Crippen LogP contribution < -0.4 is 0 Å². The molecule has 1 aliphatic rings. The minimum Gasteiger partial charge on any atom is -0.508 e. The van der Waals surface area contributed by atoms with E-state index < -0.39 is 0 Å². The lowest BCUT2D eigenvalue weighted by molar-refractivity contribution is 0.468. The lowest BCUT2D eigenvalue weighted by atomic mass is 10.1. The summed E-state index contributed by atoms with van der Waals surface area (Å²) in [7, 11) is 0. The molecular formula is C10H12O. The van der Waals surface area contributed by atoms with Crippen LogP contribution in [0.4, 0.5) is 0 Å². The quantitative estimate of drug-likeness (QED) is 0.649. The lowest BCUT2D eigenvalue weighted by Crippen LogP contribution is -1.81. The molecule has 0 aliphatic heterocycles. The van der Waals surface area contributed by atoms with E-state index in [9.17, 15) is 5.11 Å². The molecule has 2 rings (SSSR count). The highest BCUT2D eigenvalue weighted by Crippen LogP contribution is 2.43. The summed E-state index contributed by atoms with van der Waals surface area (Å²) in [5, 5.41) is 9.50. The molecule has 1 N–H and O–H groups in total. The van der Waals surface area contributed by atoms with Gasteiger partial charge in [-0.25, -0.2) is 0 Å². The minimum absolute atomic E-state index is 0.479. The molecule has 58 valence electrons. The Morgan fingerprint density at radius 2 is 2.09 bits per heavy atom. The van der Waals surface area contributed by atoms with E-state index in [1.54, 1.807) is 0 Å². The first-order valence-electron chi connectivity index (χ1n) is 4.07. The van der Waals surface area contributed by atoms with Crippen LogP contribution in [0.2, 0.25) is 0 Å². The van der Waals surface area contributed by atoms with Crippen LogP contribution in [0.3, 0.4) is 0 Å². The largest absolute Gasteiger partial charge is 0.508 e. The van der Waals surface area contributed by atoms with E-state index in [1.807, 2.05) is 19.1 Å². The monoisotopic (exact) mass is 148 g/mol. The van der Waals surface area contributed by atoms with Crippen molar-refractivity contribution in [3.8, 4) is 5.75 Å². The summed E-state index contributed by atoms with van der Waals surface area (Å²) in [6, 6.07) is 5.95. The average molecular weight is 148 g/mol. The molecule has 0 aromatic heterocycles. The second-order valence-corrected chi connectivity index (χ2v) is 3.34. The molecule has 0 unspecified atom stereocenters. The maximum Gasteiger partial charge on any atom is 0.119 e. The molecule has 0 atom stereocenters. The Bertz CT molecular complexity index is 274. The van der Waals surface area contributed by atoms with Gasteiger partial charge in [-0.2, -0.15) is 0 Å². The van der Waals surface area contributed by atoms with Crippen LogP contribution in [0.1, 0.15) is 29.9 Å². The van der Waals surface area contributed by atoms with Gasteiger partial charge in [0.2, 0.25) is 0 Å². The first kappa shape index (κ1) is 6.71. The zero-order valence-corrected chi connectivity index (χ0v) is 6.67. The number of hydrogen-bond donors (Lipinski definition) is 1. The first-order chi connectivity index (χ1) is 5.27. The van der Waals surface area contributed by atoms with E-state index in [0.29, 0.717) is 11.7 Å². The summed E-state index contributed by atoms with van der Waals surface area (Å²) in [6.07, 6.45) is 2.49. The summed E-state index contributed by atoms with van der Waals surface area (Å²) in [4.78, 5) is 0. The number of phenols is 1. The predicted molar refractivity (Wildman–Crippen MR) is 44.8 cm³/mol. The molecule has 1 nitrogen and oxygen atoms in total. The number of benzene rings is 1. The van der Waals surface area contributed by atoms with Crippen molar-refractivity contribution < 1.29 is 5.11 Å². The van der Waals surface area contributed by atoms with Crippen LogP contribution in [0.25, 0.3) is 0 Å². The minimum atomic E-state index is 0.479. The topological polar surface area (TPSA) is 20.2 Å². The molecular weight excluding hydrogens is 136 g/mol. The van der Waals surface area contributed by atoms with Gasteiger partial charge >= 0.3 is 0 Å². The molecule has 1 heteroatoms. The van der Waals surface area contributed by atoms with Crippen molar-refractivity contribution in [2.24, 2.45) is 0 Å². The van der Waals surface area contributed by atoms with Gasteiger partial charge in [-0.1, -0.05) is 12.1 Å². The van der Waals surface area contributed by atoms with Gasteiger partial charge in [0.15, 0.2) is 0 Å². The Labute approximate surface area is 66.7 Å². The van der Waals surface area contributed by atoms with Crippen molar-refractivity contribution in [3.05, 3.63) is 29.3 Å². The normalized spacial score (nSPS) is 16.8. The Hall–Kier alpha value is -0.980. The highest BCUT2D eigenvalue weighted by atomic mass is 16.3. The number of aryl methyl sites for hydroxylation is 1. The van der Waals surface area contributed by atoms with Gasteiger partial charge in [-0.3, -0.25) is 0 Å². The maximum absolute atomic E-state index is 9.50. The zero-order valence-electron chi connectivity index (χ0n) is 6.67. The van der Waals surface area contributed by atoms with E-state index in [-0.39, 0.29) is 0 Å². The fraction of sp³-hybridized carbons (Fsp3) is 0.400. The summed E-state index contributed by atoms with van der Waals surface area (Å²) >= 11 is 0. The van der Waals surface area contributed by atoms with E-state index >= 15 is 0 Å². The Morgan fingerprint density at radius 1 is 1.36 bits per heavy atom. The zero-order chi connectivity index (χ0) is 7.84. The third kappa shape index (κ3) is 1.23. The number of rotatable bonds is 1. The standard InChI is InChI=1S/C10H12O/c1-7-2-5-9(8-3-4-8)10(11)6-7/h2,5-6,8,11H,3-4H2,1H3. The molecule has 1 fully saturated rings. The fourth-order valence-corrected chi connectivity index (χ4v) is 1.39. The molecule has 1 aliphatic carbocycles. The van der Waals surface area contributed by atoms with Crippen LogP contribution in [0.5, 0.6) is 5.75 Å². The van der Waals surface area contributed by atoms with Gasteiger partial charge in [-0.05, 0) is 42.9 Å². The van der Waals surface area contributed by atoms with Crippen molar-refractivity contribution in [2.45, 2.75) is 25.7 Å². The van der Waals surface area contributed by atoms with Crippen molar-refractivity contribution in [2.75, 3.05) is 0 Å². The molecule has 0 saturated heterocycles. The molecule has 0 radical (unpaired) electrons. The van der Waals surface area contributed by atoms with Crippen molar-refractivity contribution in [3.63, 3.8) is 0 Å². The van der Waals surface area contributed by atoms with Crippen LogP contribution in [-0.4, -0.2) is 5.11 Å². The van der Waals surface area contributed by atoms with Crippen LogP contribution in [0, 0.1) is 6.92 Å². The van der Waals surface area contributed by atoms with E-state index in [2.05, 4.69) is 6.07 Å². The van der Waals surface area contributed by atoms with Crippen LogP contribution in [0.15, 0.2) is 18.2 Å². The molecule has 1 aromatic rings. The Balaban J connectivity index is 2.39. The molecule has 1 aromatic carbocycles. The van der Waals surface area contributed by atoms with Gasteiger partial charge in [0.05, 0.1) is 0 Å². The molecule has 0 amide bonds. The number of hydrogen-bond acceptors (Lipinski definition) is 1. The number of aromatic hydroxyl groups is 1. The maximum atomic E-state index is 9.50. The second-order valence-electron chi connectivity index (χ2n) is 3.34. The third-order valence-electron chi connectivity index (χ3n) is 2.20. The van der Waals surface area contributed by atoms with Gasteiger partial charge in [0.25, 0.3) is 0 Å². The molecule has 11 heavy (non-hydrogen) atoms. The highest BCUT2D eigenvalue weighted by molar-refractivity contribution is 5.40. The fourth-order valence-electron chi connectivity index (χ4n) is 1.39. The van der Waals surface area contributed by atoms with Crippen molar-refractivity contribution >= 4 is 0 Å². The smallest absolute Gasteiger partial charge is 0.119 e. The van der Waals surface area contributed by atoms with E-state index in [4.69, 9.17) is 0 Å². The van der Waals surface area contributed by atoms with Crippen LogP contribution >= 0.6 is 0 Å².